The van der Waals surface area contributed by atoms with E-state index in [9.17, 15) is 9.59 Å². The fraction of sp³-hybridized carbons (Fsp3) is 0.556. The second-order valence-electron chi connectivity index (χ2n) is 6.65. The molecular weight excluding hydrogens is 308 g/mol. The summed E-state index contributed by atoms with van der Waals surface area (Å²) in [6.07, 6.45) is 2.57. The third kappa shape index (κ3) is 3.38. The largest absolute Gasteiger partial charge is 0.487 e. The number of carbonyl (C=O) groups excluding carboxylic acids is 2. The fourth-order valence-electron chi connectivity index (χ4n) is 3.57. The highest BCUT2D eigenvalue weighted by molar-refractivity contribution is 5.78. The van der Waals surface area contributed by atoms with Crippen LogP contribution in [0.4, 0.5) is 0 Å². The lowest BCUT2D eigenvalue weighted by Gasteiger charge is -2.42. The van der Waals surface area contributed by atoms with Crippen molar-refractivity contribution in [2.45, 2.75) is 37.3 Å². The predicted molar refractivity (Wildman–Crippen MR) is 88.7 cm³/mol. The Morgan fingerprint density at radius 1 is 1.42 bits per heavy atom. The van der Waals surface area contributed by atoms with Gasteiger partial charge in [0.15, 0.2) is 0 Å². The Labute approximate surface area is 142 Å². The monoisotopic (exact) mass is 332 g/mol. The Morgan fingerprint density at radius 3 is 3.00 bits per heavy atom. The molecule has 1 aromatic rings. The molecule has 24 heavy (non-hydrogen) atoms. The van der Waals surface area contributed by atoms with Crippen LogP contribution in [0.25, 0.3) is 0 Å². The van der Waals surface area contributed by atoms with E-state index in [4.69, 9.17) is 9.47 Å². The molecule has 0 saturated carbocycles. The summed E-state index contributed by atoms with van der Waals surface area (Å²) in [4.78, 5) is 25.8. The summed E-state index contributed by atoms with van der Waals surface area (Å²) in [5.41, 5.74) is 0.566. The maximum absolute atomic E-state index is 12.0. The van der Waals surface area contributed by atoms with Crippen LogP contribution in [-0.4, -0.2) is 49.6 Å². The zero-order valence-corrected chi connectivity index (χ0v) is 14.2. The van der Waals surface area contributed by atoms with E-state index < -0.39 is 5.60 Å². The molecule has 2 amide bonds. The summed E-state index contributed by atoms with van der Waals surface area (Å²) in [6, 6.07) is 7.66. The summed E-state index contributed by atoms with van der Waals surface area (Å²) in [7, 11) is 3.34. The Hall–Kier alpha value is -2.08. The lowest BCUT2D eigenvalue weighted by molar-refractivity contribution is -0.129. The van der Waals surface area contributed by atoms with Gasteiger partial charge in [-0.15, -0.1) is 0 Å². The first-order chi connectivity index (χ1) is 11.5. The van der Waals surface area contributed by atoms with Crippen molar-refractivity contribution in [2.75, 3.05) is 27.3 Å². The molecule has 0 aromatic heterocycles. The predicted octanol–water partition coefficient (Wildman–Crippen LogP) is 1.65. The zero-order chi connectivity index (χ0) is 17.2. The minimum atomic E-state index is -0.417. The van der Waals surface area contributed by atoms with Crippen molar-refractivity contribution in [2.24, 2.45) is 0 Å². The van der Waals surface area contributed by atoms with Crippen molar-refractivity contribution in [3.63, 3.8) is 0 Å². The van der Waals surface area contributed by atoms with E-state index in [0.29, 0.717) is 25.8 Å². The molecule has 1 saturated heterocycles. The molecule has 2 atom stereocenters. The molecule has 1 aromatic carbocycles. The third-order valence-corrected chi connectivity index (χ3v) is 4.93. The minimum Gasteiger partial charge on any atom is -0.487 e. The lowest BCUT2D eigenvalue weighted by atomic mass is 9.82. The van der Waals surface area contributed by atoms with Gasteiger partial charge in [0.05, 0.1) is 6.04 Å². The summed E-state index contributed by atoms with van der Waals surface area (Å²) < 4.78 is 11.3. The average Bonchev–Trinajstić information content (AvgIpc) is 2.69. The van der Waals surface area contributed by atoms with Crippen molar-refractivity contribution in [1.29, 1.82) is 0 Å². The number of likely N-dealkylation sites (tertiary alicyclic amines) is 1. The van der Waals surface area contributed by atoms with Crippen LogP contribution in [0.5, 0.6) is 5.75 Å². The van der Waals surface area contributed by atoms with E-state index in [2.05, 4.69) is 5.32 Å². The maximum Gasteiger partial charge on any atom is 0.246 e. The van der Waals surface area contributed by atoms with Gasteiger partial charge in [0, 0.05) is 45.5 Å². The number of nitrogens with zero attached hydrogens (tertiary/aromatic N) is 1. The number of para-hydroxylation sites is 1. The molecule has 1 spiro atoms. The third-order valence-electron chi connectivity index (χ3n) is 4.93. The number of methoxy groups -OCH3 is 1. The van der Waals surface area contributed by atoms with E-state index >= 15 is 0 Å². The Bertz CT molecular complexity index is 633. The molecule has 6 nitrogen and oxygen atoms in total. The number of rotatable bonds is 3. The molecule has 0 bridgehead atoms. The first-order valence-corrected chi connectivity index (χ1v) is 8.33. The smallest absolute Gasteiger partial charge is 0.246 e. The number of ether oxygens (including phenoxy) is 2. The topological polar surface area (TPSA) is 67.9 Å². The van der Waals surface area contributed by atoms with Crippen LogP contribution in [-0.2, 0) is 14.3 Å². The van der Waals surface area contributed by atoms with Crippen LogP contribution >= 0.6 is 0 Å². The van der Waals surface area contributed by atoms with Gasteiger partial charge in [-0.3, -0.25) is 9.59 Å². The first-order valence-electron chi connectivity index (χ1n) is 8.33. The van der Waals surface area contributed by atoms with Crippen molar-refractivity contribution < 1.29 is 19.1 Å². The summed E-state index contributed by atoms with van der Waals surface area (Å²) >= 11 is 0. The highest BCUT2D eigenvalue weighted by Gasteiger charge is 2.43. The van der Waals surface area contributed by atoms with Crippen LogP contribution in [0.3, 0.4) is 0 Å². The first kappa shape index (κ1) is 16.8. The molecule has 130 valence electrons. The molecule has 0 aliphatic carbocycles. The number of amides is 2. The van der Waals surface area contributed by atoms with Gasteiger partial charge in [-0.05, 0) is 12.5 Å². The van der Waals surface area contributed by atoms with Gasteiger partial charge in [-0.1, -0.05) is 18.2 Å². The highest BCUT2D eigenvalue weighted by atomic mass is 16.5. The van der Waals surface area contributed by atoms with Gasteiger partial charge >= 0.3 is 0 Å². The maximum atomic E-state index is 12.0. The Morgan fingerprint density at radius 2 is 2.21 bits per heavy atom. The van der Waals surface area contributed by atoms with E-state index in [1.807, 2.05) is 31.3 Å². The molecule has 2 aliphatic rings. The van der Waals surface area contributed by atoms with Crippen LogP contribution in [0.2, 0.25) is 0 Å². The minimum absolute atomic E-state index is 0.0355. The van der Waals surface area contributed by atoms with Crippen molar-refractivity contribution in [3.8, 4) is 5.75 Å². The molecule has 0 unspecified atom stereocenters. The van der Waals surface area contributed by atoms with Gasteiger partial charge in [0.25, 0.3) is 0 Å². The molecule has 0 radical (unpaired) electrons. The molecule has 3 rings (SSSR count). The molecule has 2 heterocycles. The summed E-state index contributed by atoms with van der Waals surface area (Å²) in [5.74, 6) is 0.800. The standard InChI is InChI=1S/C18H24N2O4/c1-20-10-9-18(8-7-17(20)22)11-14(19-16(21)12-23-2)13-5-3-4-6-15(13)24-18/h3-6,14H,7-12H2,1-2H3,(H,19,21)/t14-,18-/m0/s1. The van der Waals surface area contributed by atoms with Crippen LogP contribution < -0.4 is 10.1 Å². The second-order valence-corrected chi connectivity index (χ2v) is 6.65. The van der Waals surface area contributed by atoms with E-state index in [-0.39, 0.29) is 24.5 Å². The van der Waals surface area contributed by atoms with Gasteiger partial charge in [-0.2, -0.15) is 0 Å². The van der Waals surface area contributed by atoms with E-state index in [1.165, 1.54) is 7.11 Å². The fourth-order valence-corrected chi connectivity index (χ4v) is 3.57. The number of hydrogen-bond donors (Lipinski definition) is 1. The molecule has 1 fully saturated rings. The normalized spacial score (nSPS) is 26.5. The van der Waals surface area contributed by atoms with Crippen LogP contribution in [0.1, 0.15) is 37.3 Å². The molecule has 6 heteroatoms. The Balaban J connectivity index is 1.86. The summed E-state index contributed by atoms with van der Waals surface area (Å²) in [5, 5.41) is 3.05. The van der Waals surface area contributed by atoms with Crippen molar-refractivity contribution in [1.82, 2.24) is 10.2 Å². The van der Waals surface area contributed by atoms with Gasteiger partial charge in [-0.25, -0.2) is 0 Å². The number of carbonyl (C=O) groups is 2. The summed E-state index contributed by atoms with van der Waals surface area (Å²) in [6.45, 7) is 0.702. The molecular formula is C18H24N2O4. The molecule has 2 aliphatic heterocycles. The second kappa shape index (κ2) is 6.81. The van der Waals surface area contributed by atoms with Gasteiger partial charge < -0.3 is 19.7 Å². The highest BCUT2D eigenvalue weighted by Crippen LogP contribution is 2.44. The average molecular weight is 332 g/mol. The number of benzene rings is 1. The Kier molecular flexibility index (Phi) is 4.76. The van der Waals surface area contributed by atoms with Crippen LogP contribution in [0.15, 0.2) is 24.3 Å². The SMILES string of the molecule is COCC(=O)N[C@H]1C[C@@]2(CCC(=O)N(C)CC2)Oc2ccccc21. The lowest BCUT2D eigenvalue weighted by Crippen LogP contribution is -2.46. The number of nitrogens with one attached hydrogen (secondary N) is 1. The van der Waals surface area contributed by atoms with E-state index in [1.54, 1.807) is 4.90 Å². The van der Waals surface area contributed by atoms with Crippen molar-refractivity contribution >= 4 is 11.8 Å². The van der Waals surface area contributed by atoms with Gasteiger partial charge in [0.1, 0.15) is 18.0 Å². The zero-order valence-electron chi connectivity index (χ0n) is 14.2. The van der Waals surface area contributed by atoms with Crippen molar-refractivity contribution in [3.05, 3.63) is 29.8 Å². The quantitative estimate of drug-likeness (QED) is 0.914. The van der Waals surface area contributed by atoms with Gasteiger partial charge in [0.2, 0.25) is 11.8 Å². The van der Waals surface area contributed by atoms with Crippen LogP contribution in [0, 0.1) is 0 Å². The number of hydrogen-bond acceptors (Lipinski definition) is 4. The number of fused-ring (bicyclic) bond motifs is 1. The molecule has 1 N–H and O–H groups in total. The van der Waals surface area contributed by atoms with E-state index in [0.717, 1.165) is 17.7 Å².